The molecule has 1 aromatic carbocycles. The maximum Gasteiger partial charge on any atom is 0.127 e. The van der Waals surface area contributed by atoms with E-state index < -0.39 is 0 Å². The van der Waals surface area contributed by atoms with Gasteiger partial charge in [0.15, 0.2) is 0 Å². The fourth-order valence-corrected chi connectivity index (χ4v) is 2.26. The van der Waals surface area contributed by atoms with Gasteiger partial charge in [-0.25, -0.2) is 0 Å². The summed E-state index contributed by atoms with van der Waals surface area (Å²) in [5.41, 5.74) is 1.22. The van der Waals surface area contributed by atoms with Crippen LogP contribution < -0.4 is 14.8 Å². The standard InChI is InChI=1S/C16H22N2O2/c1-2-9-18-15-12-20-16-11-13(6-7-14(15)16)19-10-5-3-4-8-17/h6-7,11,15,18H,2-5,9-10,12H2,1H3. The zero-order valence-corrected chi connectivity index (χ0v) is 12.0. The number of nitrogens with one attached hydrogen (secondary N) is 1. The van der Waals surface area contributed by atoms with Crippen molar-refractivity contribution in [2.24, 2.45) is 0 Å². The Bertz CT molecular complexity index is 468. The van der Waals surface area contributed by atoms with Gasteiger partial charge in [-0.1, -0.05) is 6.92 Å². The molecule has 4 heteroatoms. The van der Waals surface area contributed by atoms with Crippen LogP contribution in [-0.4, -0.2) is 19.8 Å². The summed E-state index contributed by atoms with van der Waals surface area (Å²) < 4.78 is 11.4. The minimum absolute atomic E-state index is 0.301. The first kappa shape index (κ1) is 14.7. The Balaban J connectivity index is 1.85. The highest BCUT2D eigenvalue weighted by molar-refractivity contribution is 5.45. The van der Waals surface area contributed by atoms with Crippen LogP contribution in [0.25, 0.3) is 0 Å². The summed E-state index contributed by atoms with van der Waals surface area (Å²) in [6.45, 7) is 4.51. The monoisotopic (exact) mass is 274 g/mol. The molecule has 0 aliphatic carbocycles. The highest BCUT2D eigenvalue weighted by Gasteiger charge is 2.23. The van der Waals surface area contributed by atoms with Crippen molar-refractivity contribution in [1.29, 1.82) is 5.26 Å². The number of nitriles is 1. The second kappa shape index (κ2) is 7.76. The maximum absolute atomic E-state index is 8.46. The first-order valence-electron chi connectivity index (χ1n) is 7.35. The van der Waals surface area contributed by atoms with Crippen molar-refractivity contribution < 1.29 is 9.47 Å². The summed E-state index contributed by atoms with van der Waals surface area (Å²) >= 11 is 0. The quantitative estimate of drug-likeness (QED) is 0.740. The molecule has 0 bridgehead atoms. The molecule has 20 heavy (non-hydrogen) atoms. The summed E-state index contributed by atoms with van der Waals surface area (Å²) in [4.78, 5) is 0. The number of ether oxygens (including phenoxy) is 2. The highest BCUT2D eigenvalue weighted by atomic mass is 16.5. The van der Waals surface area contributed by atoms with E-state index >= 15 is 0 Å². The summed E-state index contributed by atoms with van der Waals surface area (Å²) in [6, 6.07) is 8.49. The number of unbranched alkanes of at least 4 members (excludes halogenated alkanes) is 2. The zero-order valence-electron chi connectivity index (χ0n) is 12.0. The molecule has 1 N–H and O–H groups in total. The molecule has 108 valence electrons. The average Bonchev–Trinajstić information content (AvgIpc) is 2.87. The molecule has 2 rings (SSSR count). The lowest BCUT2D eigenvalue weighted by atomic mass is 10.1. The normalized spacial score (nSPS) is 16.3. The fourth-order valence-electron chi connectivity index (χ4n) is 2.26. The van der Waals surface area contributed by atoms with E-state index in [1.54, 1.807) is 0 Å². The Kier molecular flexibility index (Phi) is 5.69. The van der Waals surface area contributed by atoms with Crippen molar-refractivity contribution in [3.05, 3.63) is 23.8 Å². The molecule has 1 atom stereocenters. The molecule has 1 aliphatic heterocycles. The van der Waals surface area contributed by atoms with Gasteiger partial charge in [0.2, 0.25) is 0 Å². The SMILES string of the molecule is CCCNC1COc2cc(OCCCCC#N)ccc21. The molecule has 0 radical (unpaired) electrons. The van der Waals surface area contributed by atoms with Gasteiger partial charge in [-0.15, -0.1) is 0 Å². The van der Waals surface area contributed by atoms with Crippen molar-refractivity contribution >= 4 is 0 Å². The Morgan fingerprint density at radius 2 is 2.35 bits per heavy atom. The van der Waals surface area contributed by atoms with Crippen LogP contribution in [0.4, 0.5) is 0 Å². The van der Waals surface area contributed by atoms with Gasteiger partial charge < -0.3 is 14.8 Å². The van der Waals surface area contributed by atoms with E-state index in [1.807, 2.05) is 12.1 Å². The number of hydrogen-bond donors (Lipinski definition) is 1. The molecule has 0 saturated heterocycles. The van der Waals surface area contributed by atoms with Gasteiger partial charge in [0, 0.05) is 18.1 Å². The lowest BCUT2D eigenvalue weighted by Gasteiger charge is -2.11. The molecule has 0 aromatic heterocycles. The number of fused-ring (bicyclic) bond motifs is 1. The van der Waals surface area contributed by atoms with Crippen molar-refractivity contribution in [2.75, 3.05) is 19.8 Å². The predicted octanol–water partition coefficient (Wildman–Crippen LogP) is 3.19. The van der Waals surface area contributed by atoms with Crippen LogP contribution in [0, 0.1) is 11.3 Å². The van der Waals surface area contributed by atoms with E-state index in [0.717, 1.165) is 37.3 Å². The van der Waals surface area contributed by atoms with Gasteiger partial charge in [-0.2, -0.15) is 5.26 Å². The molecule has 1 aromatic rings. The minimum atomic E-state index is 0.301. The molecular weight excluding hydrogens is 252 g/mol. The van der Waals surface area contributed by atoms with Gasteiger partial charge in [-0.05, 0) is 37.9 Å². The average molecular weight is 274 g/mol. The van der Waals surface area contributed by atoms with E-state index in [0.29, 0.717) is 25.7 Å². The lowest BCUT2D eigenvalue weighted by Crippen LogP contribution is -2.22. The molecule has 1 aliphatic rings. The number of benzene rings is 1. The van der Waals surface area contributed by atoms with E-state index in [4.69, 9.17) is 14.7 Å². The molecule has 0 amide bonds. The third-order valence-corrected chi connectivity index (χ3v) is 3.36. The van der Waals surface area contributed by atoms with Crippen LogP contribution in [0.15, 0.2) is 18.2 Å². The molecule has 1 heterocycles. The molecule has 4 nitrogen and oxygen atoms in total. The van der Waals surface area contributed by atoms with Crippen LogP contribution in [0.3, 0.4) is 0 Å². The highest BCUT2D eigenvalue weighted by Crippen LogP contribution is 2.35. The topological polar surface area (TPSA) is 54.3 Å². The van der Waals surface area contributed by atoms with E-state index in [-0.39, 0.29) is 0 Å². The summed E-state index contributed by atoms with van der Waals surface area (Å²) in [5.74, 6) is 1.77. The van der Waals surface area contributed by atoms with Crippen LogP contribution in [-0.2, 0) is 0 Å². The Labute approximate surface area is 120 Å². The molecular formula is C16H22N2O2. The molecule has 0 spiro atoms. The first-order chi connectivity index (χ1) is 9.85. The van der Waals surface area contributed by atoms with Crippen LogP contribution >= 0.6 is 0 Å². The van der Waals surface area contributed by atoms with E-state index in [9.17, 15) is 0 Å². The number of nitrogens with zero attached hydrogens (tertiary/aromatic N) is 1. The summed E-state index contributed by atoms with van der Waals surface area (Å²) in [6.07, 6.45) is 3.52. The molecule has 1 unspecified atom stereocenters. The second-order valence-corrected chi connectivity index (χ2v) is 4.98. The molecule has 0 saturated carbocycles. The predicted molar refractivity (Wildman–Crippen MR) is 77.9 cm³/mol. The van der Waals surface area contributed by atoms with Crippen molar-refractivity contribution in [3.8, 4) is 17.6 Å². The zero-order chi connectivity index (χ0) is 14.2. The van der Waals surface area contributed by atoms with Gasteiger partial charge in [-0.3, -0.25) is 0 Å². The Morgan fingerprint density at radius 3 is 3.15 bits per heavy atom. The van der Waals surface area contributed by atoms with Gasteiger partial charge in [0.1, 0.15) is 18.1 Å². The third-order valence-electron chi connectivity index (χ3n) is 3.36. The molecule has 0 fully saturated rings. The van der Waals surface area contributed by atoms with Gasteiger partial charge in [0.25, 0.3) is 0 Å². The Hall–Kier alpha value is -1.73. The van der Waals surface area contributed by atoms with E-state index in [2.05, 4.69) is 24.4 Å². The summed E-state index contributed by atoms with van der Waals surface area (Å²) in [7, 11) is 0. The first-order valence-corrected chi connectivity index (χ1v) is 7.35. The fraction of sp³-hybridized carbons (Fsp3) is 0.562. The van der Waals surface area contributed by atoms with Crippen molar-refractivity contribution in [2.45, 2.75) is 38.6 Å². The largest absolute Gasteiger partial charge is 0.493 e. The summed E-state index contributed by atoms with van der Waals surface area (Å²) in [5, 5.41) is 11.9. The number of rotatable bonds is 8. The second-order valence-electron chi connectivity index (χ2n) is 4.98. The minimum Gasteiger partial charge on any atom is -0.493 e. The van der Waals surface area contributed by atoms with Crippen molar-refractivity contribution in [3.63, 3.8) is 0 Å². The van der Waals surface area contributed by atoms with Gasteiger partial charge >= 0.3 is 0 Å². The van der Waals surface area contributed by atoms with Crippen LogP contribution in [0.5, 0.6) is 11.5 Å². The Morgan fingerprint density at radius 1 is 1.45 bits per heavy atom. The van der Waals surface area contributed by atoms with E-state index in [1.165, 1.54) is 5.56 Å². The number of hydrogen-bond acceptors (Lipinski definition) is 4. The third kappa shape index (κ3) is 3.88. The van der Waals surface area contributed by atoms with Gasteiger partial charge in [0.05, 0.1) is 18.7 Å². The lowest BCUT2D eigenvalue weighted by molar-refractivity contribution is 0.298. The van der Waals surface area contributed by atoms with Crippen molar-refractivity contribution in [1.82, 2.24) is 5.32 Å². The maximum atomic E-state index is 8.46. The van der Waals surface area contributed by atoms with Crippen LogP contribution in [0.2, 0.25) is 0 Å². The van der Waals surface area contributed by atoms with Crippen LogP contribution in [0.1, 0.15) is 44.2 Å². The smallest absolute Gasteiger partial charge is 0.127 e.